The van der Waals surface area contributed by atoms with E-state index in [9.17, 15) is 4.79 Å². The first-order chi connectivity index (χ1) is 9.71. The number of nitriles is 1. The van der Waals surface area contributed by atoms with Gasteiger partial charge in [-0.05, 0) is 24.5 Å². The van der Waals surface area contributed by atoms with E-state index in [4.69, 9.17) is 10.00 Å². The van der Waals surface area contributed by atoms with E-state index in [0.29, 0.717) is 5.71 Å². The fraction of sp³-hybridized carbons (Fsp3) is 0.400. The number of ether oxygens (including phenoxy) is 1. The first-order valence-corrected chi connectivity index (χ1v) is 6.66. The Morgan fingerprint density at radius 3 is 2.60 bits per heavy atom. The average molecular weight is 273 g/mol. The third-order valence-electron chi connectivity index (χ3n) is 2.63. The quantitative estimate of drug-likeness (QED) is 0.639. The fourth-order valence-corrected chi connectivity index (χ4v) is 1.71. The molecule has 0 aliphatic rings. The molecule has 0 aliphatic heterocycles. The van der Waals surface area contributed by atoms with Crippen LogP contribution >= 0.6 is 0 Å². The van der Waals surface area contributed by atoms with E-state index in [1.165, 1.54) is 5.56 Å². The summed E-state index contributed by atoms with van der Waals surface area (Å²) in [4.78, 5) is 11.2. The summed E-state index contributed by atoms with van der Waals surface area (Å²) in [7, 11) is 0. The highest BCUT2D eigenvalue weighted by Crippen LogP contribution is 2.09. The van der Waals surface area contributed by atoms with Crippen LogP contribution in [0.25, 0.3) is 0 Å². The summed E-state index contributed by atoms with van der Waals surface area (Å²) < 4.78 is 4.72. The lowest BCUT2D eigenvalue weighted by atomic mass is 10.0. The second-order valence-electron chi connectivity index (χ2n) is 4.17. The van der Waals surface area contributed by atoms with Gasteiger partial charge in [-0.3, -0.25) is 0 Å². The number of nitrogens with one attached hydrogen (secondary N) is 1. The molecule has 5 nitrogen and oxygen atoms in total. The van der Waals surface area contributed by atoms with Gasteiger partial charge in [0.25, 0.3) is 0 Å². The minimum Gasteiger partial charge on any atom is -0.449 e. The van der Waals surface area contributed by atoms with Gasteiger partial charge < -0.3 is 4.74 Å². The van der Waals surface area contributed by atoms with Crippen molar-refractivity contribution in [2.45, 2.75) is 33.1 Å². The third kappa shape index (κ3) is 5.11. The van der Waals surface area contributed by atoms with Crippen molar-refractivity contribution in [3.63, 3.8) is 0 Å². The maximum absolute atomic E-state index is 11.2. The van der Waals surface area contributed by atoms with Gasteiger partial charge in [0, 0.05) is 0 Å². The van der Waals surface area contributed by atoms with Crippen molar-refractivity contribution < 1.29 is 9.53 Å². The number of hydrazone groups is 1. The molecule has 1 N–H and O–H groups in total. The molecule has 0 saturated carbocycles. The Kier molecular flexibility index (Phi) is 6.83. The molecule has 0 atom stereocenters. The summed E-state index contributed by atoms with van der Waals surface area (Å²) in [6.07, 6.45) is 1.61. The van der Waals surface area contributed by atoms with Crippen LogP contribution in [0.2, 0.25) is 0 Å². The molecule has 0 aromatic heterocycles. The highest BCUT2D eigenvalue weighted by atomic mass is 16.5. The lowest BCUT2D eigenvalue weighted by molar-refractivity contribution is 0.152. The maximum Gasteiger partial charge on any atom is 0.427 e. The number of carbonyl (C=O) groups is 1. The highest BCUT2D eigenvalue weighted by molar-refractivity contribution is 6.02. The molecule has 20 heavy (non-hydrogen) atoms. The Morgan fingerprint density at radius 1 is 1.35 bits per heavy atom. The van der Waals surface area contributed by atoms with E-state index >= 15 is 0 Å². The van der Waals surface area contributed by atoms with Crippen molar-refractivity contribution in [1.29, 1.82) is 5.26 Å². The van der Waals surface area contributed by atoms with Crippen molar-refractivity contribution in [2.75, 3.05) is 6.61 Å². The summed E-state index contributed by atoms with van der Waals surface area (Å²) in [6.45, 7) is 4.12. The summed E-state index contributed by atoms with van der Waals surface area (Å²) in [6, 6.07) is 9.88. The van der Waals surface area contributed by atoms with E-state index in [2.05, 4.69) is 17.5 Å². The summed E-state index contributed by atoms with van der Waals surface area (Å²) in [5.74, 6) is 0. The molecule has 0 bridgehead atoms. The first-order valence-electron chi connectivity index (χ1n) is 6.66. The van der Waals surface area contributed by atoms with E-state index in [-0.39, 0.29) is 13.0 Å². The smallest absolute Gasteiger partial charge is 0.427 e. The van der Waals surface area contributed by atoms with Crippen LogP contribution in [0.4, 0.5) is 4.79 Å². The van der Waals surface area contributed by atoms with Crippen LogP contribution in [0, 0.1) is 11.3 Å². The van der Waals surface area contributed by atoms with Crippen LogP contribution in [0.3, 0.4) is 0 Å². The second-order valence-corrected chi connectivity index (χ2v) is 4.17. The number of aryl methyl sites for hydroxylation is 1. The van der Waals surface area contributed by atoms with Gasteiger partial charge in [-0.2, -0.15) is 10.4 Å². The SMILES string of the molecule is CCCc1ccc(C(CC#N)=NNC(=O)OCC)cc1. The zero-order valence-electron chi connectivity index (χ0n) is 11.8. The molecular formula is C15H19N3O2. The second kappa shape index (κ2) is 8.70. The Hall–Kier alpha value is -2.35. The minimum atomic E-state index is -0.620. The van der Waals surface area contributed by atoms with E-state index in [1.807, 2.05) is 30.3 Å². The van der Waals surface area contributed by atoms with Gasteiger partial charge in [0.15, 0.2) is 0 Å². The molecule has 106 valence electrons. The van der Waals surface area contributed by atoms with Gasteiger partial charge in [0.2, 0.25) is 0 Å². The minimum absolute atomic E-state index is 0.125. The monoisotopic (exact) mass is 273 g/mol. The highest BCUT2D eigenvalue weighted by Gasteiger charge is 2.05. The maximum atomic E-state index is 11.2. The number of hydrogen-bond donors (Lipinski definition) is 1. The number of benzene rings is 1. The first kappa shape index (κ1) is 15.7. The predicted molar refractivity (Wildman–Crippen MR) is 77.4 cm³/mol. The third-order valence-corrected chi connectivity index (χ3v) is 2.63. The zero-order valence-corrected chi connectivity index (χ0v) is 11.8. The van der Waals surface area contributed by atoms with Crippen molar-refractivity contribution in [2.24, 2.45) is 5.10 Å². The fourth-order valence-electron chi connectivity index (χ4n) is 1.71. The number of carbonyl (C=O) groups excluding carboxylic acids is 1. The van der Waals surface area contributed by atoms with Crippen molar-refractivity contribution >= 4 is 11.8 Å². The summed E-state index contributed by atoms with van der Waals surface area (Å²) in [5, 5.41) is 12.8. The molecule has 1 amide bonds. The largest absolute Gasteiger partial charge is 0.449 e. The number of amides is 1. The zero-order chi connectivity index (χ0) is 14.8. The van der Waals surface area contributed by atoms with Gasteiger partial charge in [-0.1, -0.05) is 37.6 Å². The molecule has 0 heterocycles. The Labute approximate surface area is 119 Å². The van der Waals surface area contributed by atoms with Gasteiger partial charge in [-0.25, -0.2) is 10.2 Å². The Morgan fingerprint density at radius 2 is 2.05 bits per heavy atom. The van der Waals surface area contributed by atoms with Crippen molar-refractivity contribution in [3.8, 4) is 6.07 Å². The molecule has 0 radical (unpaired) electrons. The van der Waals surface area contributed by atoms with Crippen LogP contribution in [0.15, 0.2) is 29.4 Å². The van der Waals surface area contributed by atoms with Gasteiger partial charge in [0.1, 0.15) is 0 Å². The molecule has 0 fully saturated rings. The molecule has 0 aliphatic carbocycles. The Bertz CT molecular complexity index is 501. The lowest BCUT2D eigenvalue weighted by Gasteiger charge is -2.06. The van der Waals surface area contributed by atoms with Crippen molar-refractivity contribution in [1.82, 2.24) is 5.43 Å². The van der Waals surface area contributed by atoms with E-state index in [1.54, 1.807) is 6.92 Å². The molecule has 1 aromatic rings. The van der Waals surface area contributed by atoms with E-state index in [0.717, 1.165) is 18.4 Å². The van der Waals surface area contributed by atoms with Gasteiger partial charge in [-0.15, -0.1) is 0 Å². The van der Waals surface area contributed by atoms with Crippen LogP contribution in [-0.2, 0) is 11.2 Å². The molecule has 0 spiro atoms. The van der Waals surface area contributed by atoms with Crippen molar-refractivity contribution in [3.05, 3.63) is 35.4 Å². The average Bonchev–Trinajstić information content (AvgIpc) is 2.45. The van der Waals surface area contributed by atoms with Gasteiger partial charge in [0.05, 0.1) is 24.8 Å². The summed E-state index contributed by atoms with van der Waals surface area (Å²) >= 11 is 0. The number of rotatable bonds is 6. The molecule has 0 saturated heterocycles. The standard InChI is InChI=1S/C15H19N3O2/c1-3-5-12-6-8-13(9-7-12)14(10-11-16)17-18-15(19)20-4-2/h6-9H,3-5,10H2,1-2H3,(H,18,19). The van der Waals surface area contributed by atoms with Crippen LogP contribution < -0.4 is 5.43 Å². The topological polar surface area (TPSA) is 74.5 Å². The van der Waals surface area contributed by atoms with Crippen LogP contribution in [0.1, 0.15) is 37.8 Å². The van der Waals surface area contributed by atoms with Crippen LogP contribution in [-0.4, -0.2) is 18.4 Å². The summed E-state index contributed by atoms with van der Waals surface area (Å²) in [5.41, 5.74) is 4.86. The Balaban J connectivity index is 2.82. The predicted octanol–water partition coefficient (Wildman–Crippen LogP) is 3.00. The molecule has 1 rings (SSSR count). The lowest BCUT2D eigenvalue weighted by Crippen LogP contribution is -2.21. The van der Waals surface area contributed by atoms with Gasteiger partial charge >= 0.3 is 6.09 Å². The molecular weight excluding hydrogens is 254 g/mol. The molecule has 1 aromatic carbocycles. The van der Waals surface area contributed by atoms with Crippen LogP contribution in [0.5, 0.6) is 0 Å². The normalized spacial score (nSPS) is 10.8. The number of nitrogens with zero attached hydrogens (tertiary/aromatic N) is 2. The van der Waals surface area contributed by atoms with E-state index < -0.39 is 6.09 Å². The number of hydrogen-bond acceptors (Lipinski definition) is 4. The molecule has 5 heteroatoms. The molecule has 0 unspecified atom stereocenters.